The highest BCUT2D eigenvalue weighted by Gasteiger charge is 2.01. The van der Waals surface area contributed by atoms with Crippen LogP contribution in [-0.2, 0) is 13.2 Å². The molecule has 0 bridgehead atoms. The Morgan fingerprint density at radius 3 is 2.65 bits per heavy atom. The number of aryl methyl sites for hydroxylation is 1. The number of rotatable bonds is 6. The summed E-state index contributed by atoms with van der Waals surface area (Å²) in [5, 5.41) is 3.30. The van der Waals surface area contributed by atoms with Crippen molar-refractivity contribution in [1.29, 1.82) is 0 Å². The molecule has 0 aliphatic carbocycles. The smallest absolute Gasteiger partial charge is 0.126 e. The molecule has 2 nitrogen and oxygen atoms in total. The van der Waals surface area contributed by atoms with Gasteiger partial charge >= 0.3 is 0 Å². The van der Waals surface area contributed by atoms with E-state index in [1.807, 2.05) is 12.1 Å². The lowest BCUT2D eigenvalue weighted by atomic mass is 10.1. The molecule has 0 spiro atoms. The van der Waals surface area contributed by atoms with Crippen molar-refractivity contribution in [3.05, 3.63) is 65.0 Å². The van der Waals surface area contributed by atoms with Gasteiger partial charge < -0.3 is 10.1 Å². The zero-order valence-corrected chi connectivity index (χ0v) is 11.9. The van der Waals surface area contributed by atoms with Crippen LogP contribution in [-0.4, -0.2) is 6.54 Å². The quantitative estimate of drug-likeness (QED) is 0.864. The van der Waals surface area contributed by atoms with E-state index < -0.39 is 0 Å². The first-order chi connectivity index (χ1) is 9.69. The van der Waals surface area contributed by atoms with E-state index in [0.29, 0.717) is 17.9 Å². The Bertz CT molecular complexity index is 569. The topological polar surface area (TPSA) is 21.3 Å². The molecule has 106 valence electrons. The number of benzene rings is 2. The second-order valence-corrected chi connectivity index (χ2v) is 4.80. The van der Waals surface area contributed by atoms with Crippen molar-refractivity contribution in [2.45, 2.75) is 27.0 Å². The lowest BCUT2D eigenvalue weighted by Gasteiger charge is -2.09. The Kier molecular flexibility index (Phi) is 5.13. The fourth-order valence-electron chi connectivity index (χ4n) is 1.97. The summed E-state index contributed by atoms with van der Waals surface area (Å²) in [6, 6.07) is 13.1. The van der Waals surface area contributed by atoms with Crippen molar-refractivity contribution in [2.24, 2.45) is 0 Å². The van der Waals surface area contributed by atoms with Crippen molar-refractivity contribution in [3.8, 4) is 5.75 Å². The predicted octanol–water partition coefficient (Wildman–Crippen LogP) is 3.82. The van der Waals surface area contributed by atoms with Gasteiger partial charge in [0, 0.05) is 6.54 Å². The molecule has 0 aliphatic rings. The Hall–Kier alpha value is -1.87. The summed E-state index contributed by atoms with van der Waals surface area (Å²) in [6.45, 7) is 6.13. The average Bonchev–Trinajstić information content (AvgIpc) is 2.47. The van der Waals surface area contributed by atoms with Gasteiger partial charge in [-0.05, 0) is 48.4 Å². The van der Waals surface area contributed by atoms with Gasteiger partial charge in [-0.1, -0.05) is 31.2 Å². The number of halogens is 1. The summed E-state index contributed by atoms with van der Waals surface area (Å²) < 4.78 is 18.9. The van der Waals surface area contributed by atoms with Crippen LogP contribution >= 0.6 is 0 Å². The summed E-state index contributed by atoms with van der Waals surface area (Å²) in [5.74, 6) is 0.492. The molecule has 2 aromatic rings. The Morgan fingerprint density at radius 1 is 1.10 bits per heavy atom. The number of ether oxygens (including phenoxy) is 1. The molecule has 0 saturated heterocycles. The molecule has 1 N–H and O–H groups in total. The number of hydrogen-bond acceptors (Lipinski definition) is 2. The Labute approximate surface area is 119 Å². The second kappa shape index (κ2) is 7.06. The van der Waals surface area contributed by atoms with E-state index in [9.17, 15) is 4.39 Å². The molecule has 0 heterocycles. The maximum Gasteiger partial charge on any atom is 0.126 e. The minimum absolute atomic E-state index is 0.204. The van der Waals surface area contributed by atoms with Crippen LogP contribution in [0.2, 0.25) is 0 Å². The molecule has 0 atom stereocenters. The van der Waals surface area contributed by atoms with Crippen LogP contribution in [0.5, 0.6) is 5.75 Å². The van der Waals surface area contributed by atoms with Crippen LogP contribution in [0.3, 0.4) is 0 Å². The minimum atomic E-state index is -0.204. The highest BCUT2D eigenvalue weighted by molar-refractivity contribution is 5.29. The third-order valence-electron chi connectivity index (χ3n) is 3.11. The molecule has 2 rings (SSSR count). The van der Waals surface area contributed by atoms with Crippen LogP contribution in [0.25, 0.3) is 0 Å². The van der Waals surface area contributed by atoms with Gasteiger partial charge in [0.2, 0.25) is 0 Å². The van der Waals surface area contributed by atoms with Crippen LogP contribution < -0.4 is 10.1 Å². The van der Waals surface area contributed by atoms with Crippen LogP contribution in [0.4, 0.5) is 4.39 Å². The summed E-state index contributed by atoms with van der Waals surface area (Å²) >= 11 is 0. The lowest BCUT2D eigenvalue weighted by Crippen LogP contribution is -2.11. The van der Waals surface area contributed by atoms with E-state index in [1.54, 1.807) is 19.1 Å². The molecule has 20 heavy (non-hydrogen) atoms. The Balaban J connectivity index is 1.97. The van der Waals surface area contributed by atoms with Crippen LogP contribution in [0, 0.1) is 12.7 Å². The van der Waals surface area contributed by atoms with E-state index in [-0.39, 0.29) is 5.82 Å². The third-order valence-corrected chi connectivity index (χ3v) is 3.11. The molecular weight excluding hydrogens is 253 g/mol. The Morgan fingerprint density at radius 2 is 1.90 bits per heavy atom. The zero-order chi connectivity index (χ0) is 14.4. The molecule has 0 aliphatic heterocycles. The van der Waals surface area contributed by atoms with Crippen molar-refractivity contribution in [2.75, 3.05) is 6.54 Å². The normalized spacial score (nSPS) is 10.6. The highest BCUT2D eigenvalue weighted by Crippen LogP contribution is 2.17. The first kappa shape index (κ1) is 14.5. The predicted molar refractivity (Wildman–Crippen MR) is 79.3 cm³/mol. The SMILES string of the molecule is CCNCc1cccc(COc2ccc(F)c(C)c2)c1. The number of hydrogen-bond donors (Lipinski definition) is 1. The van der Waals surface area contributed by atoms with Crippen LogP contribution in [0.1, 0.15) is 23.6 Å². The highest BCUT2D eigenvalue weighted by atomic mass is 19.1. The molecule has 0 radical (unpaired) electrons. The van der Waals surface area contributed by atoms with E-state index in [4.69, 9.17) is 4.74 Å². The standard InChI is InChI=1S/C17H20FNO/c1-3-19-11-14-5-4-6-15(10-14)12-20-16-7-8-17(18)13(2)9-16/h4-10,19H,3,11-12H2,1-2H3. The first-order valence-electron chi connectivity index (χ1n) is 6.86. The molecule has 3 heteroatoms. The van der Waals surface area contributed by atoms with Crippen molar-refractivity contribution in [1.82, 2.24) is 5.32 Å². The number of nitrogens with one attached hydrogen (secondary N) is 1. The molecule has 0 amide bonds. The summed E-state index contributed by atoms with van der Waals surface area (Å²) in [4.78, 5) is 0. The second-order valence-electron chi connectivity index (χ2n) is 4.80. The van der Waals surface area contributed by atoms with Crippen LogP contribution in [0.15, 0.2) is 42.5 Å². The fraction of sp³-hybridized carbons (Fsp3) is 0.294. The minimum Gasteiger partial charge on any atom is -0.489 e. The average molecular weight is 273 g/mol. The maximum atomic E-state index is 13.2. The zero-order valence-electron chi connectivity index (χ0n) is 11.9. The van der Waals surface area contributed by atoms with Crippen molar-refractivity contribution < 1.29 is 9.13 Å². The molecule has 0 fully saturated rings. The third kappa shape index (κ3) is 4.07. The van der Waals surface area contributed by atoms with Crippen molar-refractivity contribution in [3.63, 3.8) is 0 Å². The molecule has 2 aromatic carbocycles. The van der Waals surface area contributed by atoms with Crippen molar-refractivity contribution >= 4 is 0 Å². The van der Waals surface area contributed by atoms with Gasteiger partial charge in [-0.2, -0.15) is 0 Å². The molecule has 0 unspecified atom stereocenters. The van der Waals surface area contributed by atoms with Gasteiger partial charge in [0.15, 0.2) is 0 Å². The summed E-state index contributed by atoms with van der Waals surface area (Å²) in [5.41, 5.74) is 2.95. The van der Waals surface area contributed by atoms with E-state index >= 15 is 0 Å². The largest absolute Gasteiger partial charge is 0.489 e. The first-order valence-corrected chi connectivity index (χ1v) is 6.86. The molecule has 0 saturated carbocycles. The van der Waals surface area contributed by atoms with E-state index in [2.05, 4.69) is 24.4 Å². The summed E-state index contributed by atoms with van der Waals surface area (Å²) in [7, 11) is 0. The molecule has 0 aromatic heterocycles. The lowest BCUT2D eigenvalue weighted by molar-refractivity contribution is 0.305. The van der Waals surface area contributed by atoms with Gasteiger partial charge in [0.05, 0.1) is 0 Å². The fourth-order valence-corrected chi connectivity index (χ4v) is 1.97. The van der Waals surface area contributed by atoms with Gasteiger partial charge in [-0.25, -0.2) is 4.39 Å². The maximum absolute atomic E-state index is 13.2. The monoisotopic (exact) mass is 273 g/mol. The van der Waals surface area contributed by atoms with Gasteiger partial charge in [-0.3, -0.25) is 0 Å². The summed E-state index contributed by atoms with van der Waals surface area (Å²) in [6.07, 6.45) is 0. The van der Waals surface area contributed by atoms with Gasteiger partial charge in [0.1, 0.15) is 18.2 Å². The van der Waals surface area contributed by atoms with E-state index in [1.165, 1.54) is 11.6 Å². The van der Waals surface area contributed by atoms with E-state index in [0.717, 1.165) is 18.7 Å². The van der Waals surface area contributed by atoms with Gasteiger partial charge in [-0.15, -0.1) is 0 Å². The van der Waals surface area contributed by atoms with Gasteiger partial charge in [0.25, 0.3) is 0 Å². The molecular formula is C17H20FNO.